The van der Waals surface area contributed by atoms with Gasteiger partial charge in [0.1, 0.15) is 0 Å². The van der Waals surface area contributed by atoms with Crippen molar-refractivity contribution < 1.29 is 23.1 Å². The van der Waals surface area contributed by atoms with Crippen LogP contribution in [0.2, 0.25) is 0 Å². The van der Waals surface area contributed by atoms with Gasteiger partial charge < -0.3 is 15.2 Å². The van der Waals surface area contributed by atoms with Crippen LogP contribution in [0.3, 0.4) is 0 Å². The van der Waals surface area contributed by atoms with Gasteiger partial charge in [0.15, 0.2) is 0 Å². The lowest BCUT2D eigenvalue weighted by Gasteiger charge is -2.31. The first-order valence-electron chi connectivity index (χ1n) is 9.88. The van der Waals surface area contributed by atoms with Crippen LogP contribution in [0.4, 0.5) is 11.4 Å². The van der Waals surface area contributed by atoms with Crippen LogP contribution in [0, 0.1) is 25.7 Å². The highest BCUT2D eigenvalue weighted by atomic mass is 32.2. The third-order valence-corrected chi connectivity index (χ3v) is 6.71. The molecule has 3 rings (SSSR count). The fourth-order valence-corrected chi connectivity index (χ4v) is 4.97. The Morgan fingerprint density at radius 2 is 1.47 bits per heavy atom. The number of aliphatic carboxylic acids is 1. The predicted molar refractivity (Wildman–Crippen MR) is 112 cm³/mol. The van der Waals surface area contributed by atoms with E-state index in [0.717, 1.165) is 24.0 Å². The van der Waals surface area contributed by atoms with Crippen LogP contribution >= 0.6 is 0 Å². The number of sulfonamides is 1. The molecule has 2 N–H and O–H groups in total. The van der Waals surface area contributed by atoms with Crippen molar-refractivity contribution in [1.82, 2.24) is 0 Å². The van der Waals surface area contributed by atoms with Crippen molar-refractivity contribution in [1.29, 1.82) is 0 Å². The molecule has 0 aromatic heterocycles. The summed E-state index contributed by atoms with van der Waals surface area (Å²) in [5, 5.41) is 14.0. The lowest BCUT2D eigenvalue weighted by Crippen LogP contribution is -2.42. The van der Waals surface area contributed by atoms with Gasteiger partial charge in [-0.15, -0.1) is 0 Å². The molecule has 0 bridgehead atoms. The molecule has 8 heteroatoms. The van der Waals surface area contributed by atoms with E-state index < -0.39 is 27.8 Å². The van der Waals surface area contributed by atoms with Gasteiger partial charge in [-0.05, 0) is 74.2 Å². The molecule has 0 radical (unpaired) electrons. The number of carboxylic acids is 1. The Morgan fingerprint density at radius 3 is 2.03 bits per heavy atom. The second-order valence-electron chi connectivity index (χ2n) is 7.81. The predicted octanol–water partition coefficient (Wildman–Crippen LogP) is 2.60. The van der Waals surface area contributed by atoms with Crippen LogP contribution < -0.4 is 15.1 Å². The van der Waals surface area contributed by atoms with Crippen molar-refractivity contribution in [3.63, 3.8) is 0 Å². The van der Waals surface area contributed by atoms with Crippen LogP contribution in [0.5, 0.6) is 0 Å². The van der Waals surface area contributed by atoms with E-state index in [-0.39, 0.29) is 10.8 Å². The number of carbonyl (C=O) groups is 2. The molecule has 30 heavy (non-hydrogen) atoms. The second-order valence-corrected chi connectivity index (χ2v) is 9.49. The lowest BCUT2D eigenvalue weighted by molar-refractivity contribution is -0.313. The molecule has 0 heterocycles. The Labute approximate surface area is 176 Å². The summed E-state index contributed by atoms with van der Waals surface area (Å²) in [6, 6.07) is 11.2. The molecule has 2 aromatic rings. The fourth-order valence-electron chi connectivity index (χ4n) is 3.93. The lowest BCUT2D eigenvalue weighted by atomic mass is 9.78. The molecule has 1 aliphatic rings. The van der Waals surface area contributed by atoms with E-state index >= 15 is 0 Å². The topological polar surface area (TPSA) is 115 Å². The molecule has 160 valence electrons. The summed E-state index contributed by atoms with van der Waals surface area (Å²) in [7, 11) is -3.78. The number of hydrogen-bond acceptors (Lipinski definition) is 5. The molecule has 0 unspecified atom stereocenters. The maximum atomic E-state index is 12.7. The standard InChI is InChI=1S/C22H26N2O5S/c1-14-11-15(2)13-17(12-14)24-30(28,29)18-9-7-16(8-10-18)23-21(25)19-5-3-4-6-20(19)22(26)27/h7-13,19-20,24H,3-6H2,1-2H3,(H,23,25)(H,26,27)/p-1/t19-,20-/m1/s1. The minimum Gasteiger partial charge on any atom is -0.550 e. The molecule has 0 aliphatic heterocycles. The Morgan fingerprint density at radius 1 is 0.900 bits per heavy atom. The number of anilines is 2. The van der Waals surface area contributed by atoms with Gasteiger partial charge in [0.05, 0.1) is 4.90 Å². The van der Waals surface area contributed by atoms with Crippen LogP contribution in [0.25, 0.3) is 0 Å². The van der Waals surface area contributed by atoms with Gasteiger partial charge in [-0.3, -0.25) is 9.52 Å². The maximum Gasteiger partial charge on any atom is 0.261 e. The molecular formula is C22H25N2O5S-. The fraction of sp³-hybridized carbons (Fsp3) is 0.364. The first-order chi connectivity index (χ1) is 14.2. The molecule has 2 atom stereocenters. The van der Waals surface area contributed by atoms with E-state index in [2.05, 4.69) is 10.0 Å². The van der Waals surface area contributed by atoms with Crippen molar-refractivity contribution in [2.75, 3.05) is 10.0 Å². The first kappa shape index (κ1) is 21.8. The Balaban J connectivity index is 1.70. The summed E-state index contributed by atoms with van der Waals surface area (Å²) in [5.74, 6) is -3.01. The number of carboxylic acid groups (broad SMARTS) is 1. The molecule has 1 aliphatic carbocycles. The summed E-state index contributed by atoms with van der Waals surface area (Å²) >= 11 is 0. The highest BCUT2D eigenvalue weighted by Gasteiger charge is 2.31. The minimum absolute atomic E-state index is 0.0601. The maximum absolute atomic E-state index is 12.7. The first-order valence-corrected chi connectivity index (χ1v) is 11.4. The molecule has 1 fully saturated rings. The minimum atomic E-state index is -3.78. The third-order valence-electron chi connectivity index (χ3n) is 5.31. The van der Waals surface area contributed by atoms with E-state index in [0.29, 0.717) is 24.2 Å². The monoisotopic (exact) mass is 429 g/mol. The van der Waals surface area contributed by atoms with Gasteiger partial charge in [-0.1, -0.05) is 18.9 Å². The number of carbonyl (C=O) groups excluding carboxylic acids is 2. The Kier molecular flexibility index (Phi) is 6.45. The van der Waals surface area contributed by atoms with Crippen molar-refractivity contribution in [3.8, 4) is 0 Å². The molecular weight excluding hydrogens is 404 g/mol. The number of hydrogen-bond donors (Lipinski definition) is 2. The highest BCUT2D eigenvalue weighted by Crippen LogP contribution is 2.31. The van der Waals surface area contributed by atoms with E-state index in [1.807, 2.05) is 19.9 Å². The summed E-state index contributed by atoms with van der Waals surface area (Å²) in [6.45, 7) is 3.78. The molecule has 2 aromatic carbocycles. The highest BCUT2D eigenvalue weighted by molar-refractivity contribution is 7.92. The number of benzene rings is 2. The van der Waals surface area contributed by atoms with Crippen LogP contribution in [-0.4, -0.2) is 20.3 Å². The summed E-state index contributed by atoms with van der Waals surface area (Å²) < 4.78 is 27.9. The van der Waals surface area contributed by atoms with Gasteiger partial charge >= 0.3 is 0 Å². The van der Waals surface area contributed by atoms with Gasteiger partial charge in [0.2, 0.25) is 5.91 Å². The zero-order valence-electron chi connectivity index (χ0n) is 17.0. The van der Waals surface area contributed by atoms with Gasteiger partial charge in [-0.2, -0.15) is 0 Å². The van der Waals surface area contributed by atoms with E-state index in [1.54, 1.807) is 12.1 Å². The summed E-state index contributed by atoms with van der Waals surface area (Å²) in [6.07, 6.45) is 2.49. The zero-order valence-corrected chi connectivity index (χ0v) is 17.8. The third kappa shape index (κ3) is 5.18. The SMILES string of the molecule is Cc1cc(C)cc(NS(=O)(=O)c2ccc(NC(=O)[C@@H]3CCCC[C@H]3C(=O)[O-])cc2)c1. The zero-order chi connectivity index (χ0) is 21.9. The van der Waals surface area contributed by atoms with Gasteiger partial charge in [-0.25, -0.2) is 8.42 Å². The number of nitrogens with one attached hydrogen (secondary N) is 2. The number of rotatable bonds is 6. The summed E-state index contributed by atoms with van der Waals surface area (Å²) in [5.41, 5.74) is 2.79. The number of aryl methyl sites for hydroxylation is 2. The van der Waals surface area contributed by atoms with Crippen molar-refractivity contribution in [3.05, 3.63) is 53.6 Å². The normalized spacial score (nSPS) is 19.1. The molecule has 1 amide bonds. The van der Waals surface area contributed by atoms with Crippen molar-refractivity contribution in [2.24, 2.45) is 11.8 Å². The molecule has 7 nitrogen and oxygen atoms in total. The van der Waals surface area contributed by atoms with Crippen molar-refractivity contribution in [2.45, 2.75) is 44.4 Å². The van der Waals surface area contributed by atoms with E-state index in [4.69, 9.17) is 0 Å². The van der Waals surface area contributed by atoms with Crippen LogP contribution in [0.15, 0.2) is 47.4 Å². The van der Waals surface area contributed by atoms with Gasteiger partial charge in [0, 0.05) is 29.2 Å². The molecule has 0 saturated heterocycles. The summed E-state index contributed by atoms with van der Waals surface area (Å²) in [4.78, 5) is 23.9. The largest absolute Gasteiger partial charge is 0.550 e. The van der Waals surface area contributed by atoms with Crippen LogP contribution in [-0.2, 0) is 19.6 Å². The smallest absolute Gasteiger partial charge is 0.261 e. The Hall–Kier alpha value is -2.87. The van der Waals surface area contributed by atoms with E-state index in [1.165, 1.54) is 24.3 Å². The average molecular weight is 430 g/mol. The average Bonchev–Trinajstić information content (AvgIpc) is 2.67. The quantitative estimate of drug-likeness (QED) is 0.732. The van der Waals surface area contributed by atoms with Crippen molar-refractivity contribution >= 4 is 33.3 Å². The van der Waals surface area contributed by atoms with E-state index in [9.17, 15) is 23.1 Å². The molecule has 1 saturated carbocycles. The number of amides is 1. The van der Waals surface area contributed by atoms with Crippen LogP contribution in [0.1, 0.15) is 36.8 Å². The second kappa shape index (κ2) is 8.87. The Bertz CT molecular complexity index is 1030. The van der Waals surface area contributed by atoms with Gasteiger partial charge in [0.25, 0.3) is 10.0 Å². The molecule has 0 spiro atoms.